The fourth-order valence-electron chi connectivity index (χ4n) is 2.39. The third kappa shape index (κ3) is 2.80. The van der Waals surface area contributed by atoms with Crippen molar-refractivity contribution < 1.29 is 14.0 Å². The van der Waals surface area contributed by atoms with Crippen LogP contribution in [0, 0.1) is 19.7 Å². The summed E-state index contributed by atoms with van der Waals surface area (Å²) in [6.45, 7) is 3.79. The van der Waals surface area contributed by atoms with Gasteiger partial charge in [0.1, 0.15) is 5.82 Å². The number of halogens is 1. The molecule has 0 aromatic heterocycles. The first-order chi connectivity index (χ1) is 11.0. The van der Waals surface area contributed by atoms with E-state index in [0.29, 0.717) is 11.3 Å². The van der Waals surface area contributed by atoms with Crippen LogP contribution in [-0.2, 0) is 4.79 Å². The van der Waals surface area contributed by atoms with E-state index in [9.17, 15) is 14.0 Å². The Hall–Kier alpha value is -2.40. The van der Waals surface area contributed by atoms with Gasteiger partial charge in [0, 0.05) is 5.56 Å². The molecule has 0 spiro atoms. The van der Waals surface area contributed by atoms with Crippen molar-refractivity contribution in [2.75, 3.05) is 4.90 Å². The largest absolute Gasteiger partial charge is 0.298 e. The first kappa shape index (κ1) is 15.5. The van der Waals surface area contributed by atoms with E-state index in [1.165, 1.54) is 12.1 Å². The van der Waals surface area contributed by atoms with Crippen LogP contribution in [0.25, 0.3) is 6.08 Å². The van der Waals surface area contributed by atoms with Crippen LogP contribution in [0.4, 0.5) is 14.9 Å². The van der Waals surface area contributed by atoms with Crippen LogP contribution in [0.2, 0.25) is 0 Å². The molecule has 2 aromatic rings. The Morgan fingerprint density at radius 1 is 1.04 bits per heavy atom. The van der Waals surface area contributed by atoms with E-state index in [-0.39, 0.29) is 10.1 Å². The molecule has 1 aliphatic rings. The highest BCUT2D eigenvalue weighted by Gasteiger charge is 2.37. The molecule has 0 N–H and O–H groups in total. The Labute approximate surface area is 137 Å². The molecular formula is C18H14FNO2S. The molecule has 5 heteroatoms. The summed E-state index contributed by atoms with van der Waals surface area (Å²) in [5, 5.41) is -0.369. The lowest BCUT2D eigenvalue weighted by atomic mass is 10.1. The van der Waals surface area contributed by atoms with Crippen molar-refractivity contribution in [1.29, 1.82) is 0 Å². The minimum atomic E-state index is -0.425. The van der Waals surface area contributed by atoms with Gasteiger partial charge in [-0.15, -0.1) is 0 Å². The van der Waals surface area contributed by atoms with Gasteiger partial charge >= 0.3 is 0 Å². The lowest BCUT2D eigenvalue weighted by Gasteiger charge is -2.16. The zero-order chi connectivity index (χ0) is 16.6. The summed E-state index contributed by atoms with van der Waals surface area (Å²) in [6.07, 6.45) is 1.42. The van der Waals surface area contributed by atoms with Gasteiger partial charge in [0.05, 0.1) is 10.6 Å². The van der Waals surface area contributed by atoms with Crippen molar-refractivity contribution >= 4 is 34.7 Å². The van der Waals surface area contributed by atoms with Gasteiger partial charge in [-0.25, -0.2) is 9.29 Å². The Balaban J connectivity index is 2.01. The highest BCUT2D eigenvalue weighted by molar-refractivity contribution is 8.19. The summed E-state index contributed by atoms with van der Waals surface area (Å²) >= 11 is 0.827. The number of hydrogen-bond acceptors (Lipinski definition) is 3. The van der Waals surface area contributed by atoms with E-state index in [2.05, 4.69) is 0 Å². The SMILES string of the molecule is Cc1cccc(N2C(=O)S/C(=C\c3ccccc3F)C2=O)c1C. The lowest BCUT2D eigenvalue weighted by molar-refractivity contribution is -0.113. The standard InChI is InChI=1S/C18H14FNO2S/c1-11-6-5-9-15(12(11)2)20-17(21)16(23-18(20)22)10-13-7-3-4-8-14(13)19/h3-10H,1-2H3/b16-10-. The van der Waals surface area contributed by atoms with Gasteiger partial charge in [0.2, 0.25) is 0 Å². The summed E-state index contributed by atoms with van der Waals surface area (Å²) in [7, 11) is 0. The molecule has 116 valence electrons. The summed E-state index contributed by atoms with van der Waals surface area (Å²) in [5.74, 6) is -0.844. The maximum absolute atomic E-state index is 13.7. The number of rotatable bonds is 2. The first-order valence-electron chi connectivity index (χ1n) is 7.08. The third-order valence-electron chi connectivity index (χ3n) is 3.80. The monoisotopic (exact) mass is 327 g/mol. The van der Waals surface area contributed by atoms with E-state index in [4.69, 9.17) is 0 Å². The van der Waals surface area contributed by atoms with Crippen LogP contribution in [-0.4, -0.2) is 11.1 Å². The first-order valence-corrected chi connectivity index (χ1v) is 7.89. The zero-order valence-electron chi connectivity index (χ0n) is 12.7. The van der Waals surface area contributed by atoms with Gasteiger partial charge in [-0.3, -0.25) is 9.59 Å². The third-order valence-corrected chi connectivity index (χ3v) is 4.67. The van der Waals surface area contributed by atoms with Crippen LogP contribution in [0.3, 0.4) is 0 Å². The molecule has 1 heterocycles. The normalized spacial score (nSPS) is 16.5. The molecule has 3 nitrogen and oxygen atoms in total. The van der Waals surface area contributed by atoms with Gasteiger partial charge in [-0.1, -0.05) is 30.3 Å². The van der Waals surface area contributed by atoms with Gasteiger partial charge in [0.15, 0.2) is 0 Å². The molecule has 0 bridgehead atoms. The number of hydrogen-bond donors (Lipinski definition) is 0. The van der Waals surface area contributed by atoms with Gasteiger partial charge < -0.3 is 0 Å². The number of carbonyl (C=O) groups excluding carboxylic acids is 2. The molecule has 0 unspecified atom stereocenters. The van der Waals surface area contributed by atoms with Crippen LogP contribution in [0.15, 0.2) is 47.4 Å². The molecule has 0 radical (unpaired) electrons. The van der Waals surface area contributed by atoms with E-state index >= 15 is 0 Å². The Bertz CT molecular complexity index is 845. The lowest BCUT2D eigenvalue weighted by Crippen LogP contribution is -2.28. The van der Waals surface area contributed by atoms with Crippen molar-refractivity contribution in [3.8, 4) is 0 Å². The second-order valence-electron chi connectivity index (χ2n) is 5.26. The Kier molecular flexibility index (Phi) is 4.05. The number of carbonyl (C=O) groups is 2. The number of aryl methyl sites for hydroxylation is 1. The average molecular weight is 327 g/mol. The topological polar surface area (TPSA) is 37.4 Å². The van der Waals surface area contributed by atoms with Crippen LogP contribution in [0.5, 0.6) is 0 Å². The molecule has 23 heavy (non-hydrogen) atoms. The second-order valence-corrected chi connectivity index (χ2v) is 6.25. The van der Waals surface area contributed by atoms with Gasteiger partial charge in [-0.2, -0.15) is 0 Å². The van der Waals surface area contributed by atoms with Crippen molar-refractivity contribution in [3.05, 3.63) is 69.9 Å². The second kappa shape index (κ2) is 6.01. The quantitative estimate of drug-likeness (QED) is 0.751. The maximum atomic E-state index is 13.7. The molecule has 3 rings (SSSR count). The van der Waals surface area contributed by atoms with Crippen molar-refractivity contribution in [3.63, 3.8) is 0 Å². The van der Waals surface area contributed by atoms with E-state index in [1.54, 1.807) is 24.3 Å². The van der Waals surface area contributed by atoms with E-state index in [0.717, 1.165) is 27.8 Å². The smallest absolute Gasteiger partial charge is 0.268 e. The van der Waals surface area contributed by atoms with Crippen LogP contribution in [0.1, 0.15) is 16.7 Å². The van der Waals surface area contributed by atoms with E-state index in [1.807, 2.05) is 26.0 Å². The zero-order valence-corrected chi connectivity index (χ0v) is 13.5. The highest BCUT2D eigenvalue weighted by Crippen LogP contribution is 2.37. The van der Waals surface area contributed by atoms with Crippen molar-refractivity contribution in [1.82, 2.24) is 0 Å². The number of anilines is 1. The molecule has 1 saturated heterocycles. The van der Waals surface area contributed by atoms with E-state index < -0.39 is 11.7 Å². The predicted molar refractivity (Wildman–Crippen MR) is 90.8 cm³/mol. The number of imide groups is 1. The van der Waals surface area contributed by atoms with Crippen LogP contribution >= 0.6 is 11.8 Å². The van der Waals surface area contributed by atoms with Crippen molar-refractivity contribution in [2.45, 2.75) is 13.8 Å². The van der Waals surface area contributed by atoms with Gasteiger partial charge in [-0.05, 0) is 54.9 Å². The summed E-state index contributed by atoms with van der Waals surface area (Å²) in [6, 6.07) is 11.6. The molecule has 1 fully saturated rings. The molecule has 0 aliphatic carbocycles. The predicted octanol–water partition coefficient (Wildman–Crippen LogP) is 4.68. The summed E-state index contributed by atoms with van der Waals surface area (Å²) < 4.78 is 13.7. The molecule has 1 aliphatic heterocycles. The number of benzene rings is 2. The Morgan fingerprint density at radius 2 is 1.78 bits per heavy atom. The summed E-state index contributed by atoms with van der Waals surface area (Å²) in [5.41, 5.74) is 2.74. The molecular weight excluding hydrogens is 313 g/mol. The molecule has 0 saturated carbocycles. The number of thioether (sulfide) groups is 1. The minimum absolute atomic E-state index is 0.223. The Morgan fingerprint density at radius 3 is 2.52 bits per heavy atom. The van der Waals surface area contributed by atoms with Crippen molar-refractivity contribution in [2.24, 2.45) is 0 Å². The molecule has 2 aromatic carbocycles. The van der Waals surface area contributed by atoms with Crippen LogP contribution < -0.4 is 4.90 Å². The fraction of sp³-hybridized carbons (Fsp3) is 0.111. The number of amides is 2. The summed E-state index contributed by atoms with van der Waals surface area (Å²) in [4.78, 5) is 26.2. The minimum Gasteiger partial charge on any atom is -0.268 e. The highest BCUT2D eigenvalue weighted by atomic mass is 32.2. The maximum Gasteiger partial charge on any atom is 0.298 e. The number of nitrogens with zero attached hydrogens (tertiary/aromatic N) is 1. The average Bonchev–Trinajstić information content (AvgIpc) is 2.79. The van der Waals surface area contributed by atoms with Gasteiger partial charge in [0.25, 0.3) is 11.1 Å². The fourth-order valence-corrected chi connectivity index (χ4v) is 3.21. The molecule has 2 amide bonds. The molecule has 0 atom stereocenters.